The molecule has 0 aliphatic carbocycles. The Kier molecular flexibility index (Phi) is 54.9. The fraction of sp³-hybridized carbons (Fsp3) is 0.791. The number of nitrogens with zero attached hydrogens (tertiary/aromatic N) is 2. The molecule has 0 aromatic heterocycles. The van der Waals surface area contributed by atoms with E-state index in [9.17, 15) is 74.7 Å². The molecule has 1 heterocycles. The molecule has 10 atom stereocenters. The van der Waals surface area contributed by atoms with Gasteiger partial charge in [-0.3, -0.25) is 38.6 Å². The van der Waals surface area contributed by atoms with Crippen LogP contribution >= 0.6 is 0 Å². The number of hydrogen-bond donors (Lipinski definition) is 15. The zero-order valence-electron chi connectivity index (χ0n) is 59.3. The number of anilines is 1. The van der Waals surface area contributed by atoms with E-state index in [-0.39, 0.29) is 102 Å². The third-order valence-corrected chi connectivity index (χ3v) is 15.4. The lowest BCUT2D eigenvalue weighted by atomic mass is 10.0. The lowest BCUT2D eigenvalue weighted by Crippen LogP contribution is -2.54. The van der Waals surface area contributed by atoms with Gasteiger partial charge in [-0.1, -0.05) is 32.4 Å². The van der Waals surface area contributed by atoms with Crippen molar-refractivity contribution in [3.8, 4) is 0 Å². The van der Waals surface area contributed by atoms with Crippen molar-refractivity contribution < 1.29 is 142 Å². The monoisotopic (exact) mass is 1470 g/mol. The van der Waals surface area contributed by atoms with Crippen LogP contribution in [0.2, 0.25) is 0 Å². The molecule has 1 aliphatic rings. The molecule has 0 unspecified atom stereocenters. The van der Waals surface area contributed by atoms with Gasteiger partial charge in [0.05, 0.1) is 191 Å². The summed E-state index contributed by atoms with van der Waals surface area (Å²) in [5, 5.41) is 119. The normalized spacial score (nSPS) is 15.5. The average molecular weight is 1470 g/mol. The van der Waals surface area contributed by atoms with Gasteiger partial charge in [-0.25, -0.2) is 0 Å². The Labute approximate surface area is 597 Å². The number of aliphatic hydroxyl groups is 11. The van der Waals surface area contributed by atoms with Gasteiger partial charge >= 0.3 is 0 Å². The first kappa shape index (κ1) is 93.1. The molecule has 590 valence electrons. The number of carbonyl (C=O) groups excluding carboxylic acids is 6. The molecule has 0 fully saturated rings. The van der Waals surface area contributed by atoms with Gasteiger partial charge in [-0.2, -0.15) is 0 Å². The van der Waals surface area contributed by atoms with Crippen molar-refractivity contribution in [3.63, 3.8) is 0 Å². The molecular weight excluding hydrogens is 1350 g/mol. The Morgan fingerprint density at radius 2 is 0.833 bits per heavy atom. The van der Waals surface area contributed by atoms with Crippen LogP contribution in [0.5, 0.6) is 0 Å². The van der Waals surface area contributed by atoms with Crippen LogP contribution in [0.1, 0.15) is 70.8 Å². The Morgan fingerprint density at radius 1 is 0.441 bits per heavy atom. The van der Waals surface area contributed by atoms with Gasteiger partial charge in [0, 0.05) is 63.4 Å². The molecule has 102 heavy (non-hydrogen) atoms. The second-order valence-corrected chi connectivity index (χ2v) is 24.0. The van der Waals surface area contributed by atoms with Crippen LogP contribution in [-0.2, 0) is 92.2 Å². The maximum atomic E-state index is 13.6. The summed E-state index contributed by atoms with van der Waals surface area (Å²) in [6.45, 7) is 9.38. The van der Waals surface area contributed by atoms with E-state index in [2.05, 4.69) is 21.3 Å². The predicted molar refractivity (Wildman–Crippen MR) is 364 cm³/mol. The molecule has 1 aromatic carbocycles. The lowest BCUT2D eigenvalue weighted by molar-refractivity contribution is -0.137. The van der Waals surface area contributed by atoms with Crippen LogP contribution in [0, 0.1) is 5.92 Å². The lowest BCUT2D eigenvalue weighted by Gasteiger charge is -2.33. The summed E-state index contributed by atoms with van der Waals surface area (Å²) in [5.41, 5.74) is 1.13. The van der Waals surface area contributed by atoms with Crippen molar-refractivity contribution in [2.45, 2.75) is 133 Å². The molecule has 6 amide bonds. The van der Waals surface area contributed by atoms with Crippen LogP contribution in [0.25, 0.3) is 0 Å². The van der Waals surface area contributed by atoms with Gasteiger partial charge in [0.25, 0.3) is 11.8 Å². The summed E-state index contributed by atoms with van der Waals surface area (Å²) in [5.74, 6) is -2.56. The molecule has 0 saturated carbocycles. The van der Waals surface area contributed by atoms with E-state index >= 15 is 0 Å². The van der Waals surface area contributed by atoms with Crippen LogP contribution < -0.4 is 21.3 Å². The number of amides is 6. The fourth-order valence-electron chi connectivity index (χ4n) is 9.42. The van der Waals surface area contributed by atoms with E-state index in [0.29, 0.717) is 175 Å². The smallest absolute Gasteiger partial charge is 0.253 e. The van der Waals surface area contributed by atoms with Crippen molar-refractivity contribution in [2.24, 2.45) is 5.92 Å². The number of benzene rings is 1. The SMILES string of the molecule is CC(C)[C@H](NC(=O)CCCCCN1C(=O)C=CC1=O)C(=O)N[C@@H](CCCCNC(=O)CCOCCOCCOCCOCCOCCOCCOCCOCCOCCOCCOCCOCCN(C[C@H](O)[C@@H](O)[C@H](O)[C@H](O)CO)C[C@H](O)[C@@H](O)[C@H](O)[C@H](O)CO)C(=O)Nc1ccc(CO)cc1. The number of ether oxygens (including phenoxy) is 12. The van der Waals surface area contributed by atoms with Crippen molar-refractivity contribution in [1.82, 2.24) is 25.8 Å². The van der Waals surface area contributed by atoms with Crippen LogP contribution in [0.4, 0.5) is 5.69 Å². The third kappa shape index (κ3) is 44.7. The number of aliphatic hydroxyl groups excluding tert-OH is 11. The number of nitrogens with one attached hydrogen (secondary N) is 4. The van der Waals surface area contributed by atoms with Crippen LogP contribution in [-0.4, -0.2) is 367 Å². The van der Waals surface area contributed by atoms with E-state index in [1.54, 1.807) is 38.1 Å². The molecule has 1 aliphatic heterocycles. The molecule has 1 aromatic rings. The van der Waals surface area contributed by atoms with E-state index in [4.69, 9.17) is 67.1 Å². The fourth-order valence-corrected chi connectivity index (χ4v) is 9.42. The minimum Gasteiger partial charge on any atom is -0.394 e. The first-order valence-electron chi connectivity index (χ1n) is 35.0. The van der Waals surface area contributed by atoms with E-state index in [0.717, 1.165) is 4.90 Å². The third-order valence-electron chi connectivity index (χ3n) is 15.4. The average Bonchev–Trinajstić information content (AvgIpc) is 1.05. The van der Waals surface area contributed by atoms with E-state index < -0.39 is 99.0 Å². The number of carbonyl (C=O) groups is 6. The van der Waals surface area contributed by atoms with Crippen LogP contribution in [0.15, 0.2) is 36.4 Å². The maximum Gasteiger partial charge on any atom is 0.253 e. The number of rotatable bonds is 69. The first-order chi connectivity index (χ1) is 49.2. The summed E-state index contributed by atoms with van der Waals surface area (Å²) in [7, 11) is 0. The molecule has 0 spiro atoms. The van der Waals surface area contributed by atoms with Crippen molar-refractivity contribution in [1.29, 1.82) is 0 Å². The largest absolute Gasteiger partial charge is 0.394 e. The highest BCUT2D eigenvalue weighted by Gasteiger charge is 2.35. The minimum atomic E-state index is -1.89. The van der Waals surface area contributed by atoms with E-state index in [1.807, 2.05) is 0 Å². The van der Waals surface area contributed by atoms with Crippen molar-refractivity contribution in [3.05, 3.63) is 42.0 Å². The van der Waals surface area contributed by atoms with Gasteiger partial charge < -0.3 is 134 Å². The van der Waals surface area contributed by atoms with Gasteiger partial charge in [-0.15, -0.1) is 0 Å². The van der Waals surface area contributed by atoms with Gasteiger partial charge in [-0.05, 0) is 55.7 Å². The van der Waals surface area contributed by atoms with Crippen molar-refractivity contribution >= 4 is 41.1 Å². The van der Waals surface area contributed by atoms with Gasteiger partial charge in [0.15, 0.2) is 0 Å². The summed E-state index contributed by atoms with van der Waals surface area (Å²) in [6.07, 6.45) is -8.85. The van der Waals surface area contributed by atoms with Gasteiger partial charge in [0.1, 0.15) is 48.7 Å². The maximum absolute atomic E-state index is 13.6. The molecule has 0 bridgehead atoms. The summed E-state index contributed by atoms with van der Waals surface area (Å²) >= 11 is 0. The topological polar surface area (TPSA) is 490 Å². The Balaban J connectivity index is 1.38. The molecular formula is C67H118N6O29. The van der Waals surface area contributed by atoms with E-state index in [1.165, 1.54) is 17.1 Å². The van der Waals surface area contributed by atoms with Crippen molar-refractivity contribution in [2.75, 3.05) is 210 Å². The summed E-state index contributed by atoms with van der Waals surface area (Å²) in [4.78, 5) is 78.6. The Bertz CT molecular complexity index is 2310. The quantitative estimate of drug-likeness (QED) is 0.0215. The molecule has 2 rings (SSSR count). The van der Waals surface area contributed by atoms with Crippen LogP contribution in [0.3, 0.4) is 0 Å². The standard InChI is InChI=1S/C67H118N6O29/c1-49(2)61(71-58(82)9-4-3-7-18-73-59(83)14-15-60(73)84)67(90)70-52(66(89)69-51-12-10-50(46-74)11-13-51)8-5-6-17-68-57(81)16-20-91-22-24-93-26-28-95-30-32-97-34-36-99-38-40-101-42-43-102-41-39-100-37-35-98-33-31-96-29-27-94-25-23-92-21-19-72(44-53(77)62(85)64(87)55(79)47-75)45-54(78)63(86)65(88)56(80)48-76/h10-15,49,52-56,61-65,74-80,85-88H,3-9,16-48H2,1-2H3,(H,68,81)(H,69,89)(H,70,90)(H,71,82)/t52-,53-,54-,55+,56+,61-,62+,63+,64+,65+/m0/s1. The zero-order valence-corrected chi connectivity index (χ0v) is 59.3. The zero-order chi connectivity index (χ0) is 75.0. The minimum absolute atomic E-state index is 0.0128. The molecule has 0 saturated heterocycles. The Hall–Kier alpha value is -4.98. The Morgan fingerprint density at radius 3 is 1.23 bits per heavy atom. The second-order valence-electron chi connectivity index (χ2n) is 24.0. The molecule has 15 N–H and O–H groups in total. The first-order valence-corrected chi connectivity index (χ1v) is 35.0. The molecule has 35 heteroatoms. The predicted octanol–water partition coefficient (Wildman–Crippen LogP) is -4.72. The molecule has 35 nitrogen and oxygen atoms in total. The second kappa shape index (κ2) is 60.2. The highest BCUT2D eigenvalue weighted by atomic mass is 16.6. The number of unbranched alkanes of at least 4 members (excludes halogenated alkanes) is 3. The molecule has 0 radical (unpaired) electrons. The van der Waals surface area contributed by atoms with Gasteiger partial charge in [0.2, 0.25) is 23.6 Å². The number of hydrogen-bond acceptors (Lipinski definition) is 30. The highest BCUT2D eigenvalue weighted by Crippen LogP contribution is 2.15. The number of imide groups is 1. The highest BCUT2D eigenvalue weighted by molar-refractivity contribution is 6.12. The summed E-state index contributed by atoms with van der Waals surface area (Å²) < 4.78 is 66.2. The summed E-state index contributed by atoms with van der Waals surface area (Å²) in [6, 6.07) is 4.73.